The number of fused-ring (bicyclic) bond motifs is 1. The van der Waals surface area contributed by atoms with Crippen LogP contribution in [0.2, 0.25) is 0 Å². The summed E-state index contributed by atoms with van der Waals surface area (Å²) in [6, 6.07) is 16.4. The molecule has 11 heteroatoms. The Balaban J connectivity index is 1.73. The van der Waals surface area contributed by atoms with Gasteiger partial charge in [0, 0.05) is 50.9 Å². The number of likely N-dealkylation sites (N-methyl/N-ethyl adjacent to an activating group) is 1. The van der Waals surface area contributed by atoms with Gasteiger partial charge in [-0.3, -0.25) is 9.59 Å². The van der Waals surface area contributed by atoms with Crippen molar-refractivity contribution in [1.29, 1.82) is 0 Å². The zero-order chi connectivity index (χ0) is 29.9. The number of nitrogens with zero attached hydrogens (tertiary/aromatic N) is 4. The normalized spacial score (nSPS) is 18.2. The van der Waals surface area contributed by atoms with E-state index in [1.54, 1.807) is 74.6 Å². The number of ether oxygens (including phenoxy) is 1. The fraction of sp³-hybridized carbons (Fsp3) is 0.367. The predicted molar refractivity (Wildman–Crippen MR) is 155 cm³/mol. The van der Waals surface area contributed by atoms with E-state index in [4.69, 9.17) is 4.74 Å². The van der Waals surface area contributed by atoms with Crippen molar-refractivity contribution in [2.45, 2.75) is 30.9 Å². The van der Waals surface area contributed by atoms with Crippen LogP contribution in [0.15, 0.2) is 71.8 Å². The maximum absolute atomic E-state index is 13.8. The molecule has 1 aromatic heterocycles. The first-order chi connectivity index (χ1) is 19.4. The highest BCUT2D eigenvalue weighted by Crippen LogP contribution is 2.31. The fourth-order valence-corrected chi connectivity index (χ4v) is 5.90. The Hall–Kier alpha value is -3.80. The number of aromatic nitrogens is 1. The molecule has 0 unspecified atom stereocenters. The van der Waals surface area contributed by atoms with Crippen molar-refractivity contribution in [3.05, 3.63) is 78.0 Å². The quantitative estimate of drug-likeness (QED) is 0.435. The Morgan fingerprint density at radius 1 is 1.10 bits per heavy atom. The van der Waals surface area contributed by atoms with Crippen LogP contribution < -0.4 is 4.74 Å². The molecule has 3 atom stereocenters. The highest BCUT2D eigenvalue weighted by molar-refractivity contribution is 7.89. The van der Waals surface area contributed by atoms with Gasteiger partial charge in [0.15, 0.2) is 0 Å². The number of rotatable bonds is 8. The van der Waals surface area contributed by atoms with E-state index in [0.29, 0.717) is 16.7 Å². The van der Waals surface area contributed by atoms with E-state index in [-0.39, 0.29) is 53.8 Å². The molecule has 0 bridgehead atoms. The van der Waals surface area contributed by atoms with Gasteiger partial charge >= 0.3 is 0 Å². The Kier molecular flexibility index (Phi) is 9.11. The average molecular weight is 581 g/mol. The van der Waals surface area contributed by atoms with Crippen molar-refractivity contribution in [2.75, 3.05) is 40.8 Å². The highest BCUT2D eigenvalue weighted by atomic mass is 32.2. The monoisotopic (exact) mass is 580 g/mol. The summed E-state index contributed by atoms with van der Waals surface area (Å²) < 4.78 is 34.0. The summed E-state index contributed by atoms with van der Waals surface area (Å²) in [4.78, 5) is 34.0. The lowest BCUT2D eigenvalue weighted by Gasteiger charge is -2.37. The van der Waals surface area contributed by atoms with Crippen molar-refractivity contribution in [2.24, 2.45) is 5.92 Å². The number of sulfonamides is 1. The SMILES string of the molecule is C[C@@H]1CN([C@H](C)CO)C(=O)c2cc(-c3cccc(C(=O)N(C)C)c3)cnc2O[C@@H]1CN(C)S(=O)(=O)c1ccccc1. The number of hydrogen-bond donors (Lipinski definition) is 1. The molecule has 2 amide bonds. The van der Waals surface area contributed by atoms with E-state index >= 15 is 0 Å². The summed E-state index contributed by atoms with van der Waals surface area (Å²) in [5.74, 6) is -0.715. The summed E-state index contributed by atoms with van der Waals surface area (Å²) >= 11 is 0. The second-order valence-electron chi connectivity index (χ2n) is 10.6. The molecular weight excluding hydrogens is 544 g/mol. The van der Waals surface area contributed by atoms with Gasteiger partial charge in [-0.05, 0) is 42.8 Å². The largest absolute Gasteiger partial charge is 0.472 e. The lowest BCUT2D eigenvalue weighted by Crippen LogP contribution is -2.50. The van der Waals surface area contributed by atoms with Crippen LogP contribution in [0.5, 0.6) is 5.88 Å². The number of hydrogen-bond acceptors (Lipinski definition) is 7. The van der Waals surface area contributed by atoms with Crippen LogP contribution in [0, 0.1) is 5.92 Å². The molecule has 0 radical (unpaired) electrons. The average Bonchev–Trinajstić information content (AvgIpc) is 2.98. The van der Waals surface area contributed by atoms with Crippen LogP contribution >= 0.6 is 0 Å². The van der Waals surface area contributed by atoms with Gasteiger partial charge in [-0.25, -0.2) is 13.4 Å². The molecule has 0 saturated carbocycles. The van der Waals surface area contributed by atoms with E-state index in [1.165, 1.54) is 28.4 Å². The third-order valence-electron chi connectivity index (χ3n) is 7.26. The summed E-state index contributed by atoms with van der Waals surface area (Å²) in [6.45, 7) is 3.64. The molecule has 0 aliphatic carbocycles. The predicted octanol–water partition coefficient (Wildman–Crippen LogP) is 2.99. The van der Waals surface area contributed by atoms with Crippen LogP contribution in [0.1, 0.15) is 34.6 Å². The Labute approximate surface area is 241 Å². The number of aliphatic hydroxyl groups excluding tert-OH is 1. The molecule has 218 valence electrons. The number of carbonyl (C=O) groups excluding carboxylic acids is 2. The van der Waals surface area contributed by atoms with Crippen molar-refractivity contribution < 1.29 is 27.9 Å². The molecule has 1 N–H and O–H groups in total. The molecule has 0 saturated heterocycles. The maximum atomic E-state index is 13.8. The standard InChI is InChI=1S/C30H36N4O6S/c1-20-17-34(21(2)19-35)30(37)26-15-24(22-10-9-11-23(14-22)29(36)32(3)4)16-31-28(26)40-27(20)18-33(5)41(38,39)25-12-7-6-8-13-25/h6-16,20-21,27,35H,17-19H2,1-5H3/t20-,21-,27-/m1/s1. The van der Waals surface area contributed by atoms with Crippen LogP contribution in [-0.4, -0.2) is 97.4 Å². The molecule has 1 aliphatic rings. The van der Waals surface area contributed by atoms with E-state index in [2.05, 4.69) is 4.98 Å². The van der Waals surface area contributed by atoms with Crippen LogP contribution in [0.25, 0.3) is 11.1 Å². The molecule has 3 aromatic rings. The van der Waals surface area contributed by atoms with Crippen molar-refractivity contribution in [3.63, 3.8) is 0 Å². The minimum atomic E-state index is -3.78. The van der Waals surface area contributed by atoms with Gasteiger partial charge in [0.2, 0.25) is 15.9 Å². The van der Waals surface area contributed by atoms with Gasteiger partial charge < -0.3 is 19.6 Å². The summed E-state index contributed by atoms with van der Waals surface area (Å²) in [5.41, 5.74) is 1.99. The lowest BCUT2D eigenvalue weighted by molar-refractivity contribution is 0.0373. The molecule has 2 aromatic carbocycles. The van der Waals surface area contributed by atoms with Gasteiger partial charge in [0.1, 0.15) is 11.7 Å². The third-order valence-corrected chi connectivity index (χ3v) is 9.10. The first kappa shape index (κ1) is 30.2. The van der Waals surface area contributed by atoms with Crippen molar-refractivity contribution in [1.82, 2.24) is 19.1 Å². The first-order valence-corrected chi connectivity index (χ1v) is 14.8. The molecular formula is C30H36N4O6S. The second-order valence-corrected chi connectivity index (χ2v) is 12.6. The van der Waals surface area contributed by atoms with Gasteiger partial charge in [0.25, 0.3) is 11.8 Å². The topological polar surface area (TPSA) is 120 Å². The first-order valence-electron chi connectivity index (χ1n) is 13.4. The number of carbonyl (C=O) groups is 2. The number of pyridine rings is 1. The molecule has 2 heterocycles. The van der Waals surface area contributed by atoms with Crippen molar-refractivity contribution in [3.8, 4) is 17.0 Å². The molecule has 1 aliphatic heterocycles. The summed E-state index contributed by atoms with van der Waals surface area (Å²) in [7, 11) is 1.06. The Bertz CT molecular complexity index is 1510. The summed E-state index contributed by atoms with van der Waals surface area (Å²) in [6.07, 6.45) is 0.928. The zero-order valence-electron chi connectivity index (χ0n) is 23.9. The highest BCUT2D eigenvalue weighted by Gasteiger charge is 2.36. The minimum Gasteiger partial charge on any atom is -0.472 e. The Morgan fingerprint density at radius 2 is 1.80 bits per heavy atom. The molecule has 41 heavy (non-hydrogen) atoms. The van der Waals surface area contributed by atoms with E-state index < -0.39 is 22.2 Å². The molecule has 4 rings (SSSR count). The lowest BCUT2D eigenvalue weighted by atomic mass is 9.99. The maximum Gasteiger partial charge on any atom is 0.259 e. The smallest absolute Gasteiger partial charge is 0.259 e. The van der Waals surface area contributed by atoms with E-state index in [0.717, 1.165) is 0 Å². The summed E-state index contributed by atoms with van der Waals surface area (Å²) in [5, 5.41) is 9.94. The number of aliphatic hydroxyl groups is 1. The zero-order valence-corrected chi connectivity index (χ0v) is 24.7. The Morgan fingerprint density at radius 3 is 2.46 bits per heavy atom. The van der Waals surface area contributed by atoms with Crippen LogP contribution in [-0.2, 0) is 10.0 Å². The number of amides is 2. The van der Waals surface area contributed by atoms with Gasteiger partial charge in [-0.15, -0.1) is 0 Å². The third kappa shape index (κ3) is 6.42. The molecule has 0 fully saturated rings. The second kappa shape index (κ2) is 12.4. The fourth-order valence-electron chi connectivity index (χ4n) is 4.69. The van der Waals surface area contributed by atoms with Crippen LogP contribution in [0.4, 0.5) is 0 Å². The van der Waals surface area contributed by atoms with E-state index in [1.807, 2.05) is 13.0 Å². The van der Waals surface area contributed by atoms with E-state index in [9.17, 15) is 23.1 Å². The molecule has 0 spiro atoms. The van der Waals surface area contributed by atoms with Crippen LogP contribution in [0.3, 0.4) is 0 Å². The molecule has 10 nitrogen and oxygen atoms in total. The van der Waals surface area contributed by atoms with Gasteiger partial charge in [-0.2, -0.15) is 4.31 Å². The van der Waals surface area contributed by atoms with Crippen molar-refractivity contribution >= 4 is 21.8 Å². The van der Waals surface area contributed by atoms with Gasteiger partial charge in [0.05, 0.1) is 24.1 Å². The number of benzene rings is 2. The van der Waals surface area contributed by atoms with Gasteiger partial charge in [-0.1, -0.05) is 37.3 Å². The minimum absolute atomic E-state index is 0.0193.